The molecule has 0 radical (unpaired) electrons. The fourth-order valence-corrected chi connectivity index (χ4v) is 2.88. The molecule has 1 aliphatic heterocycles. The first-order valence-electron chi connectivity index (χ1n) is 7.39. The molecule has 7 heteroatoms. The Morgan fingerprint density at radius 2 is 1.80 bits per heavy atom. The molecule has 0 spiro atoms. The molecular weight excluding hydrogens is 388 g/mol. The van der Waals surface area contributed by atoms with Crippen molar-refractivity contribution in [3.8, 4) is 11.5 Å². The van der Waals surface area contributed by atoms with Gasteiger partial charge in [0.15, 0.2) is 0 Å². The van der Waals surface area contributed by atoms with Gasteiger partial charge in [0.1, 0.15) is 17.2 Å². The number of hydrogen-bond acceptors (Lipinski definition) is 4. The SMILES string of the molecule is COc1ccc(N2C(=O)/C(=C/c3ccc(O)c(Br)c3)N(C)C2=O)cc1. The molecule has 2 aromatic rings. The van der Waals surface area contributed by atoms with Gasteiger partial charge in [-0.05, 0) is 64.0 Å². The predicted molar refractivity (Wildman–Crippen MR) is 97.4 cm³/mol. The van der Waals surface area contributed by atoms with E-state index >= 15 is 0 Å². The summed E-state index contributed by atoms with van der Waals surface area (Å²) in [5.41, 5.74) is 1.40. The van der Waals surface area contributed by atoms with Gasteiger partial charge in [-0.3, -0.25) is 9.69 Å². The van der Waals surface area contributed by atoms with Gasteiger partial charge in [-0.25, -0.2) is 9.69 Å². The van der Waals surface area contributed by atoms with Crippen LogP contribution in [-0.4, -0.2) is 36.1 Å². The number of hydrogen-bond donors (Lipinski definition) is 1. The fraction of sp³-hybridized carbons (Fsp3) is 0.111. The third-order valence-electron chi connectivity index (χ3n) is 3.87. The van der Waals surface area contributed by atoms with E-state index in [1.165, 1.54) is 11.0 Å². The van der Waals surface area contributed by atoms with Crippen molar-refractivity contribution in [3.05, 3.63) is 58.2 Å². The molecule has 1 fully saturated rings. The molecule has 3 rings (SSSR count). The molecule has 1 saturated heterocycles. The number of carbonyl (C=O) groups excluding carboxylic acids is 2. The number of imide groups is 1. The smallest absolute Gasteiger partial charge is 0.336 e. The predicted octanol–water partition coefficient (Wildman–Crippen LogP) is 3.60. The number of methoxy groups -OCH3 is 1. The van der Waals surface area contributed by atoms with Crippen molar-refractivity contribution >= 4 is 39.6 Å². The van der Waals surface area contributed by atoms with Gasteiger partial charge in [0, 0.05) is 7.05 Å². The number of anilines is 1. The summed E-state index contributed by atoms with van der Waals surface area (Å²) in [5.74, 6) is 0.326. The zero-order valence-electron chi connectivity index (χ0n) is 13.6. The monoisotopic (exact) mass is 402 g/mol. The maximum absolute atomic E-state index is 12.7. The van der Waals surface area contributed by atoms with Gasteiger partial charge in [0.25, 0.3) is 5.91 Å². The summed E-state index contributed by atoms with van der Waals surface area (Å²) in [7, 11) is 3.09. The van der Waals surface area contributed by atoms with Gasteiger partial charge in [-0.1, -0.05) is 6.07 Å². The molecule has 0 bridgehead atoms. The third kappa shape index (κ3) is 3.10. The summed E-state index contributed by atoms with van der Waals surface area (Å²) < 4.78 is 5.60. The highest BCUT2D eigenvalue weighted by Crippen LogP contribution is 2.30. The van der Waals surface area contributed by atoms with Crippen LogP contribution in [-0.2, 0) is 4.79 Å². The molecule has 0 aliphatic carbocycles. The highest BCUT2D eigenvalue weighted by molar-refractivity contribution is 9.10. The molecule has 0 aromatic heterocycles. The number of urea groups is 1. The Kier molecular flexibility index (Phi) is 4.50. The van der Waals surface area contributed by atoms with E-state index in [1.54, 1.807) is 56.6 Å². The minimum Gasteiger partial charge on any atom is -0.507 e. The summed E-state index contributed by atoms with van der Waals surface area (Å²) >= 11 is 3.23. The van der Waals surface area contributed by atoms with Crippen molar-refractivity contribution in [2.24, 2.45) is 0 Å². The molecule has 0 saturated carbocycles. The number of likely N-dealkylation sites (N-methyl/N-ethyl adjacent to an activating group) is 1. The van der Waals surface area contributed by atoms with Gasteiger partial charge in [0.2, 0.25) is 0 Å². The van der Waals surface area contributed by atoms with E-state index in [1.807, 2.05) is 0 Å². The largest absolute Gasteiger partial charge is 0.507 e. The normalized spacial score (nSPS) is 16.0. The van der Waals surface area contributed by atoms with Crippen LogP contribution in [0.1, 0.15) is 5.56 Å². The molecule has 3 amide bonds. The van der Waals surface area contributed by atoms with Crippen molar-refractivity contribution in [1.82, 2.24) is 4.90 Å². The highest BCUT2D eigenvalue weighted by atomic mass is 79.9. The van der Waals surface area contributed by atoms with Crippen LogP contribution in [0.3, 0.4) is 0 Å². The van der Waals surface area contributed by atoms with Crippen LogP contribution in [0, 0.1) is 0 Å². The van der Waals surface area contributed by atoms with E-state index in [-0.39, 0.29) is 11.4 Å². The first kappa shape index (κ1) is 17.0. The van der Waals surface area contributed by atoms with Crippen LogP contribution in [0.4, 0.5) is 10.5 Å². The molecule has 1 N–H and O–H groups in total. The Bertz CT molecular complexity index is 877. The first-order valence-corrected chi connectivity index (χ1v) is 8.18. The summed E-state index contributed by atoms with van der Waals surface area (Å²) in [6.45, 7) is 0. The lowest BCUT2D eigenvalue weighted by atomic mass is 10.1. The summed E-state index contributed by atoms with van der Waals surface area (Å²) in [6.07, 6.45) is 1.61. The Morgan fingerprint density at radius 1 is 1.12 bits per heavy atom. The van der Waals surface area contributed by atoms with E-state index in [4.69, 9.17) is 4.74 Å². The number of phenols is 1. The second-order valence-corrected chi connectivity index (χ2v) is 6.27. The van der Waals surface area contributed by atoms with E-state index in [0.717, 1.165) is 4.90 Å². The molecule has 128 valence electrons. The van der Waals surface area contributed by atoms with E-state index in [0.29, 0.717) is 21.5 Å². The van der Waals surface area contributed by atoms with Crippen LogP contribution >= 0.6 is 15.9 Å². The number of ether oxygens (including phenoxy) is 1. The van der Waals surface area contributed by atoms with Gasteiger partial charge in [-0.2, -0.15) is 0 Å². The van der Waals surface area contributed by atoms with Crippen molar-refractivity contribution in [2.75, 3.05) is 19.1 Å². The Balaban J connectivity index is 1.96. The van der Waals surface area contributed by atoms with E-state index in [2.05, 4.69) is 15.9 Å². The van der Waals surface area contributed by atoms with Gasteiger partial charge >= 0.3 is 6.03 Å². The van der Waals surface area contributed by atoms with E-state index < -0.39 is 11.9 Å². The van der Waals surface area contributed by atoms with Crippen LogP contribution in [0.2, 0.25) is 0 Å². The molecule has 0 atom stereocenters. The summed E-state index contributed by atoms with van der Waals surface area (Å²) in [4.78, 5) is 27.7. The zero-order valence-corrected chi connectivity index (χ0v) is 15.1. The minimum atomic E-state index is -0.431. The van der Waals surface area contributed by atoms with Gasteiger partial charge in [-0.15, -0.1) is 0 Å². The summed E-state index contributed by atoms with van der Waals surface area (Å²) in [5, 5.41) is 9.57. The van der Waals surface area contributed by atoms with Crippen molar-refractivity contribution in [2.45, 2.75) is 0 Å². The Hall–Kier alpha value is -2.80. The van der Waals surface area contributed by atoms with Crippen molar-refractivity contribution in [3.63, 3.8) is 0 Å². The number of rotatable bonds is 3. The second kappa shape index (κ2) is 6.60. The topological polar surface area (TPSA) is 70.1 Å². The number of carbonyl (C=O) groups is 2. The molecule has 0 unspecified atom stereocenters. The standard InChI is InChI=1S/C18H15BrN2O4/c1-20-15(10-11-3-8-16(22)14(19)9-11)17(23)21(18(20)24)12-4-6-13(25-2)7-5-12/h3-10,22H,1-2H3/b15-10-. The Labute approximate surface area is 153 Å². The lowest BCUT2D eigenvalue weighted by molar-refractivity contribution is -0.114. The maximum Gasteiger partial charge on any atom is 0.336 e. The number of halogens is 1. The van der Waals surface area contributed by atoms with Gasteiger partial charge < -0.3 is 9.84 Å². The average molecular weight is 403 g/mol. The third-order valence-corrected chi connectivity index (χ3v) is 4.50. The number of phenolic OH excluding ortho intramolecular Hbond substituents is 1. The zero-order chi connectivity index (χ0) is 18.1. The maximum atomic E-state index is 12.7. The van der Waals surface area contributed by atoms with Crippen LogP contribution < -0.4 is 9.64 Å². The number of nitrogens with zero attached hydrogens (tertiary/aromatic N) is 2. The highest BCUT2D eigenvalue weighted by Gasteiger charge is 2.39. The summed E-state index contributed by atoms with van der Waals surface area (Å²) in [6, 6.07) is 11.1. The second-order valence-electron chi connectivity index (χ2n) is 5.42. The van der Waals surface area contributed by atoms with Crippen molar-refractivity contribution in [1.29, 1.82) is 0 Å². The lowest BCUT2D eigenvalue weighted by Crippen LogP contribution is -2.31. The Morgan fingerprint density at radius 3 is 2.40 bits per heavy atom. The molecule has 6 nitrogen and oxygen atoms in total. The fourth-order valence-electron chi connectivity index (χ4n) is 2.49. The average Bonchev–Trinajstić information content (AvgIpc) is 2.82. The van der Waals surface area contributed by atoms with Crippen molar-refractivity contribution < 1.29 is 19.4 Å². The van der Waals surface area contributed by atoms with Crippen LogP contribution in [0.25, 0.3) is 6.08 Å². The quantitative estimate of drug-likeness (QED) is 0.628. The first-order chi connectivity index (χ1) is 11.9. The molecular formula is C18H15BrN2O4. The lowest BCUT2D eigenvalue weighted by Gasteiger charge is -2.13. The number of benzene rings is 2. The van der Waals surface area contributed by atoms with Gasteiger partial charge in [0.05, 0.1) is 17.3 Å². The number of aromatic hydroxyl groups is 1. The number of amides is 3. The molecule has 25 heavy (non-hydrogen) atoms. The molecule has 1 aliphatic rings. The molecule has 2 aromatic carbocycles. The van der Waals surface area contributed by atoms with Crippen LogP contribution in [0.15, 0.2) is 52.6 Å². The van der Waals surface area contributed by atoms with E-state index in [9.17, 15) is 14.7 Å². The van der Waals surface area contributed by atoms with Crippen LogP contribution in [0.5, 0.6) is 11.5 Å². The molecule has 1 heterocycles. The minimum absolute atomic E-state index is 0.101.